The number of nitrogens with zero attached hydrogens (tertiary/aromatic N) is 5. The summed E-state index contributed by atoms with van der Waals surface area (Å²) in [7, 11) is 3.79. The number of nitrogens with two attached hydrogens (primary N) is 1. The smallest absolute Gasteiger partial charge is 0.229 e. The zero-order chi connectivity index (χ0) is 13.1. The zero-order valence-electron chi connectivity index (χ0n) is 11.2. The molecule has 1 aromatic rings. The molecular formula is C11H21N7. The third kappa shape index (κ3) is 3.27. The number of hydrogen-bond acceptors (Lipinski definition) is 7. The van der Waals surface area contributed by atoms with Crippen LogP contribution >= 0.6 is 0 Å². The van der Waals surface area contributed by atoms with E-state index < -0.39 is 0 Å². The molecule has 0 aromatic carbocycles. The predicted molar refractivity (Wildman–Crippen MR) is 71.3 cm³/mol. The molecule has 7 heteroatoms. The Morgan fingerprint density at radius 2 is 2.17 bits per heavy atom. The second-order valence-electron chi connectivity index (χ2n) is 4.89. The first-order valence-corrected chi connectivity index (χ1v) is 6.18. The lowest BCUT2D eigenvalue weighted by atomic mass is 10.2. The highest BCUT2D eigenvalue weighted by Crippen LogP contribution is 2.09. The van der Waals surface area contributed by atoms with E-state index in [4.69, 9.17) is 5.73 Å². The molecule has 0 unspecified atom stereocenters. The molecule has 0 aliphatic carbocycles. The minimum absolute atomic E-state index is 0.284. The lowest BCUT2D eigenvalue weighted by molar-refractivity contribution is 0.195. The van der Waals surface area contributed by atoms with Crippen LogP contribution in [0.15, 0.2) is 0 Å². The highest BCUT2D eigenvalue weighted by molar-refractivity contribution is 5.32. The van der Waals surface area contributed by atoms with Crippen LogP contribution < -0.4 is 16.0 Å². The molecule has 1 aliphatic heterocycles. The molecule has 3 N–H and O–H groups in total. The molecule has 100 valence electrons. The van der Waals surface area contributed by atoms with Crippen molar-refractivity contribution in [2.24, 2.45) is 0 Å². The summed E-state index contributed by atoms with van der Waals surface area (Å²) in [4.78, 5) is 16.9. The Bertz CT molecular complexity index is 406. The van der Waals surface area contributed by atoms with Gasteiger partial charge in [-0.2, -0.15) is 15.0 Å². The van der Waals surface area contributed by atoms with Crippen LogP contribution in [0.4, 0.5) is 11.9 Å². The van der Waals surface area contributed by atoms with Gasteiger partial charge in [-0.3, -0.25) is 4.90 Å². The van der Waals surface area contributed by atoms with Gasteiger partial charge in [0, 0.05) is 39.8 Å². The molecule has 0 saturated carbocycles. The van der Waals surface area contributed by atoms with Gasteiger partial charge in [0.1, 0.15) is 5.82 Å². The third-order valence-electron chi connectivity index (χ3n) is 2.91. The van der Waals surface area contributed by atoms with Crippen LogP contribution in [0, 0.1) is 0 Å². The normalized spacial score (nSPS) is 20.9. The minimum Gasteiger partial charge on any atom is -0.368 e. The molecule has 0 spiro atoms. The van der Waals surface area contributed by atoms with E-state index in [-0.39, 0.29) is 5.95 Å². The Kier molecular flexibility index (Phi) is 3.93. The monoisotopic (exact) mass is 251 g/mol. The van der Waals surface area contributed by atoms with Crippen LogP contribution in [0.5, 0.6) is 0 Å². The molecule has 18 heavy (non-hydrogen) atoms. The van der Waals surface area contributed by atoms with Crippen LogP contribution in [0.1, 0.15) is 12.7 Å². The van der Waals surface area contributed by atoms with Crippen LogP contribution in [-0.4, -0.2) is 59.6 Å². The van der Waals surface area contributed by atoms with Crippen molar-refractivity contribution in [2.75, 3.05) is 44.4 Å². The van der Waals surface area contributed by atoms with E-state index >= 15 is 0 Å². The number of nitrogens with one attached hydrogen (secondary N) is 1. The van der Waals surface area contributed by atoms with Crippen LogP contribution in [-0.2, 0) is 6.54 Å². The van der Waals surface area contributed by atoms with Crippen molar-refractivity contribution in [2.45, 2.75) is 19.5 Å². The second kappa shape index (κ2) is 5.45. The predicted octanol–water partition coefficient (Wildman–Crippen LogP) is -0.686. The number of rotatable bonds is 3. The Balaban J connectivity index is 2.08. The maximum absolute atomic E-state index is 5.71. The van der Waals surface area contributed by atoms with E-state index in [1.165, 1.54) is 0 Å². The summed E-state index contributed by atoms with van der Waals surface area (Å²) in [6.07, 6.45) is 0. The number of piperazine rings is 1. The molecule has 1 atom stereocenters. The van der Waals surface area contributed by atoms with E-state index in [9.17, 15) is 0 Å². The molecule has 1 aromatic heterocycles. The molecule has 2 heterocycles. The third-order valence-corrected chi connectivity index (χ3v) is 2.91. The highest BCUT2D eigenvalue weighted by Gasteiger charge is 2.17. The SMILES string of the molecule is C[C@@H]1CN(Cc2nc(N)nc(N(C)C)n2)CCN1. The Morgan fingerprint density at radius 3 is 2.83 bits per heavy atom. The molecule has 0 amide bonds. The van der Waals surface area contributed by atoms with Gasteiger partial charge < -0.3 is 16.0 Å². The first-order chi connectivity index (χ1) is 8.54. The van der Waals surface area contributed by atoms with Gasteiger partial charge in [0.25, 0.3) is 0 Å². The van der Waals surface area contributed by atoms with Crippen molar-refractivity contribution in [1.29, 1.82) is 0 Å². The standard InChI is InChI=1S/C11H21N7/c1-8-6-18(5-4-13-8)7-9-14-10(12)16-11(15-9)17(2)3/h8,13H,4-7H2,1-3H3,(H2,12,14,15,16)/t8-/m1/s1. The summed E-state index contributed by atoms with van der Waals surface area (Å²) in [6, 6.07) is 0.506. The first kappa shape index (κ1) is 13.0. The average Bonchev–Trinajstić information content (AvgIpc) is 2.28. The van der Waals surface area contributed by atoms with Crippen LogP contribution in [0.25, 0.3) is 0 Å². The van der Waals surface area contributed by atoms with Gasteiger partial charge in [-0.15, -0.1) is 0 Å². The van der Waals surface area contributed by atoms with Gasteiger partial charge in [-0.1, -0.05) is 0 Å². The topological polar surface area (TPSA) is 83.2 Å². The maximum Gasteiger partial charge on any atom is 0.229 e. The summed E-state index contributed by atoms with van der Waals surface area (Å²) >= 11 is 0. The van der Waals surface area contributed by atoms with Gasteiger partial charge in [-0.25, -0.2) is 0 Å². The zero-order valence-corrected chi connectivity index (χ0v) is 11.2. The van der Waals surface area contributed by atoms with E-state index in [1.807, 2.05) is 19.0 Å². The average molecular weight is 251 g/mol. The molecule has 0 radical (unpaired) electrons. The van der Waals surface area contributed by atoms with Crippen molar-refractivity contribution in [3.63, 3.8) is 0 Å². The Hall–Kier alpha value is -1.47. The fraction of sp³-hybridized carbons (Fsp3) is 0.727. The van der Waals surface area contributed by atoms with Gasteiger partial charge in [0.15, 0.2) is 0 Å². The molecule has 1 fully saturated rings. The van der Waals surface area contributed by atoms with E-state index in [0.717, 1.165) is 32.0 Å². The van der Waals surface area contributed by atoms with Gasteiger partial charge in [-0.05, 0) is 6.92 Å². The van der Waals surface area contributed by atoms with Crippen molar-refractivity contribution in [1.82, 2.24) is 25.2 Å². The molecular weight excluding hydrogens is 230 g/mol. The summed E-state index contributed by atoms with van der Waals surface area (Å²) in [5.74, 6) is 1.63. The Morgan fingerprint density at radius 1 is 1.39 bits per heavy atom. The molecule has 2 rings (SSSR count). The quantitative estimate of drug-likeness (QED) is 0.736. The molecule has 1 saturated heterocycles. The first-order valence-electron chi connectivity index (χ1n) is 6.18. The van der Waals surface area contributed by atoms with Crippen molar-refractivity contribution in [3.05, 3.63) is 5.82 Å². The number of nitrogen functional groups attached to an aromatic ring is 1. The fourth-order valence-corrected chi connectivity index (χ4v) is 2.05. The van der Waals surface area contributed by atoms with Crippen molar-refractivity contribution in [3.8, 4) is 0 Å². The Labute approximate surface area is 107 Å². The number of hydrogen-bond donors (Lipinski definition) is 2. The fourth-order valence-electron chi connectivity index (χ4n) is 2.05. The summed E-state index contributed by atoms with van der Waals surface area (Å²) in [5, 5.41) is 3.41. The van der Waals surface area contributed by atoms with E-state index in [1.54, 1.807) is 0 Å². The van der Waals surface area contributed by atoms with Gasteiger partial charge in [0.2, 0.25) is 11.9 Å². The molecule has 0 bridgehead atoms. The van der Waals surface area contributed by atoms with Crippen LogP contribution in [0.3, 0.4) is 0 Å². The largest absolute Gasteiger partial charge is 0.368 e. The van der Waals surface area contributed by atoms with E-state index in [0.29, 0.717) is 12.0 Å². The van der Waals surface area contributed by atoms with Crippen molar-refractivity contribution >= 4 is 11.9 Å². The molecule has 1 aliphatic rings. The van der Waals surface area contributed by atoms with Crippen molar-refractivity contribution < 1.29 is 0 Å². The maximum atomic E-state index is 5.71. The van der Waals surface area contributed by atoms with Crippen LogP contribution in [0.2, 0.25) is 0 Å². The second-order valence-corrected chi connectivity index (χ2v) is 4.89. The lowest BCUT2D eigenvalue weighted by Gasteiger charge is -2.31. The summed E-state index contributed by atoms with van der Waals surface area (Å²) < 4.78 is 0. The molecule has 7 nitrogen and oxygen atoms in total. The van der Waals surface area contributed by atoms with E-state index in [2.05, 4.69) is 32.1 Å². The summed E-state index contributed by atoms with van der Waals surface area (Å²) in [5.41, 5.74) is 5.71. The highest BCUT2D eigenvalue weighted by atomic mass is 15.3. The van der Waals surface area contributed by atoms with Gasteiger partial charge >= 0.3 is 0 Å². The summed E-state index contributed by atoms with van der Waals surface area (Å²) in [6.45, 7) is 5.91. The number of anilines is 2. The van der Waals surface area contributed by atoms with Gasteiger partial charge in [0.05, 0.1) is 6.54 Å². The minimum atomic E-state index is 0.284. The number of aromatic nitrogens is 3. The lowest BCUT2D eigenvalue weighted by Crippen LogP contribution is -2.48.